The van der Waals surface area contributed by atoms with Gasteiger partial charge in [0.2, 0.25) is 0 Å². The van der Waals surface area contributed by atoms with Crippen LogP contribution in [-0.2, 0) is 53.4 Å². The van der Waals surface area contributed by atoms with E-state index < -0.39 is 58.5 Å². The Kier molecular flexibility index (Phi) is 11.7. The second kappa shape index (κ2) is 15.9. The second-order valence-electron chi connectivity index (χ2n) is 15.8. The quantitative estimate of drug-likeness (QED) is 0.108. The van der Waals surface area contributed by atoms with Crippen molar-refractivity contribution < 1.29 is 49.9 Å². The predicted molar refractivity (Wildman–Crippen MR) is 211 cm³/mol. The lowest BCUT2D eigenvalue weighted by atomic mass is 9.96. The average Bonchev–Trinajstić information content (AvgIpc) is 3.80. The summed E-state index contributed by atoms with van der Waals surface area (Å²) in [7, 11) is 0. The number of carbonyl (C=O) groups is 2. The van der Waals surface area contributed by atoms with Crippen molar-refractivity contribution in [2.24, 2.45) is 0 Å². The molecular weight excluding hydrogens is 804 g/mol. The molecule has 0 radical (unpaired) electrons. The minimum absolute atomic E-state index is 0.0280. The molecule has 59 heavy (non-hydrogen) atoms. The van der Waals surface area contributed by atoms with E-state index in [-0.39, 0.29) is 36.0 Å². The number of rotatable bonds is 10. The molecule has 2 aromatic heterocycles. The number of nitrogens with zero attached hydrogens (tertiary/aromatic N) is 4. The minimum Gasteiger partial charge on any atom is -0.444 e. The van der Waals surface area contributed by atoms with Crippen LogP contribution in [0, 0.1) is 5.82 Å². The van der Waals surface area contributed by atoms with Crippen molar-refractivity contribution in [1.29, 1.82) is 0 Å². The molecule has 1 atom stereocenters. The van der Waals surface area contributed by atoms with Crippen LogP contribution in [0.4, 0.5) is 35.5 Å². The van der Waals surface area contributed by atoms with Crippen LogP contribution in [0.15, 0.2) is 60.8 Å². The Hall–Kier alpha value is -5.03. The summed E-state index contributed by atoms with van der Waals surface area (Å²) < 4.78 is 107. The number of para-hydroxylation sites is 1. The van der Waals surface area contributed by atoms with Gasteiger partial charge >= 0.3 is 24.4 Å². The van der Waals surface area contributed by atoms with Crippen molar-refractivity contribution in [3.8, 4) is 16.9 Å². The van der Waals surface area contributed by atoms with Crippen molar-refractivity contribution in [3.63, 3.8) is 0 Å². The van der Waals surface area contributed by atoms with Crippen molar-refractivity contribution in [2.75, 3.05) is 5.75 Å². The molecule has 3 aromatic carbocycles. The number of benzene rings is 3. The first-order chi connectivity index (χ1) is 27.5. The number of amides is 1. The molecule has 0 saturated heterocycles. The van der Waals surface area contributed by atoms with Gasteiger partial charge in [0.25, 0.3) is 0 Å². The molecule has 0 aliphatic carbocycles. The number of hydrogen-bond donors (Lipinski definition) is 2. The standard InChI is InChI=1S/C42H44F7N5O4S/c1-8-23-11-10-12-24(9-2)33(23)54-34(27-15-16-31(43)35-28(27)17-18-53(35)58-37(55)32(22-59)50-38(56)57-39(3,4)5)29-21-52(40(6,7)36(29)51-54)20-25-13-14-26(41(44,45)46)19-30(25)42(47,48)49/h10-19,32,59H,8-9,20-22H2,1-7H3,(H,50,56)/t32-/m1/s1. The molecule has 0 bridgehead atoms. The molecule has 1 amide bonds. The fourth-order valence-corrected chi connectivity index (χ4v) is 7.67. The molecular formula is C42H44F7N5O4S. The highest BCUT2D eigenvalue weighted by atomic mass is 32.1. The average molecular weight is 848 g/mol. The molecule has 316 valence electrons. The summed E-state index contributed by atoms with van der Waals surface area (Å²) in [6.07, 6.45) is -8.35. The maximum atomic E-state index is 15.9. The fourth-order valence-electron chi connectivity index (χ4n) is 7.43. The number of aryl methyl sites for hydroxylation is 2. The topological polar surface area (TPSA) is 90.6 Å². The lowest BCUT2D eigenvalue weighted by Gasteiger charge is -2.33. The van der Waals surface area contributed by atoms with Gasteiger partial charge in [-0.1, -0.05) is 38.1 Å². The SMILES string of the molecule is CCc1cccc(CC)c1-n1nc2c(c1-c1ccc(F)c3c1ccn3OC(=O)[C@@H](CS)NC(=O)OC(C)(C)C)CN(Cc1ccc(C(F)(F)F)cc1C(F)(F)F)C2(C)C. The predicted octanol–water partition coefficient (Wildman–Crippen LogP) is 9.82. The first kappa shape index (κ1) is 43.5. The number of ether oxygens (including phenoxy) is 1. The van der Waals surface area contributed by atoms with Crippen LogP contribution in [0.5, 0.6) is 0 Å². The first-order valence-electron chi connectivity index (χ1n) is 18.9. The van der Waals surface area contributed by atoms with E-state index in [0.717, 1.165) is 27.6 Å². The van der Waals surface area contributed by atoms with Gasteiger partial charge in [0.15, 0.2) is 5.82 Å². The maximum Gasteiger partial charge on any atom is 0.416 e. The Bertz CT molecular complexity index is 2390. The molecule has 6 rings (SSSR count). The van der Waals surface area contributed by atoms with Crippen molar-refractivity contribution in [2.45, 2.75) is 104 Å². The Morgan fingerprint density at radius 3 is 2.17 bits per heavy atom. The van der Waals surface area contributed by atoms with Crippen LogP contribution < -0.4 is 10.2 Å². The van der Waals surface area contributed by atoms with Crippen molar-refractivity contribution in [3.05, 3.63) is 106 Å². The Morgan fingerprint density at radius 1 is 0.932 bits per heavy atom. The third kappa shape index (κ3) is 8.54. The third-order valence-electron chi connectivity index (χ3n) is 10.3. The molecule has 9 nitrogen and oxygen atoms in total. The van der Waals surface area contributed by atoms with E-state index in [2.05, 4.69) is 17.9 Å². The zero-order chi connectivity index (χ0) is 43.4. The van der Waals surface area contributed by atoms with Crippen LogP contribution in [-0.4, -0.2) is 48.9 Å². The molecule has 17 heteroatoms. The molecule has 0 unspecified atom stereocenters. The molecule has 0 fully saturated rings. The van der Waals surface area contributed by atoms with Gasteiger partial charge in [0.1, 0.15) is 17.2 Å². The third-order valence-corrected chi connectivity index (χ3v) is 10.7. The number of fused-ring (bicyclic) bond motifs is 2. The Balaban J connectivity index is 1.49. The second-order valence-corrected chi connectivity index (χ2v) is 16.2. The minimum atomic E-state index is -5.06. The van der Waals surface area contributed by atoms with Crippen molar-refractivity contribution in [1.82, 2.24) is 24.7 Å². The summed E-state index contributed by atoms with van der Waals surface area (Å²) in [5.74, 6) is -1.88. The van der Waals surface area contributed by atoms with E-state index in [0.29, 0.717) is 46.8 Å². The Labute approximate surface area is 341 Å². The molecule has 1 aliphatic rings. The summed E-state index contributed by atoms with van der Waals surface area (Å²) in [6.45, 7) is 12.2. The highest BCUT2D eigenvalue weighted by Gasteiger charge is 2.45. The van der Waals surface area contributed by atoms with E-state index in [9.17, 15) is 35.9 Å². The number of aromatic nitrogens is 3. The number of hydrogen-bond acceptors (Lipinski definition) is 7. The lowest BCUT2D eigenvalue weighted by molar-refractivity contribution is -0.146. The summed E-state index contributed by atoms with van der Waals surface area (Å²) in [4.78, 5) is 33.1. The molecule has 0 saturated carbocycles. The van der Waals surface area contributed by atoms with Gasteiger partial charge in [-0.3, -0.25) is 4.90 Å². The largest absolute Gasteiger partial charge is 0.444 e. The number of nitrogens with one attached hydrogen (secondary N) is 1. The molecule has 5 aromatic rings. The van der Waals surface area contributed by atoms with Gasteiger partial charge in [-0.05, 0) is 94.5 Å². The first-order valence-corrected chi connectivity index (χ1v) is 19.5. The normalized spacial score (nSPS) is 15.0. The summed E-state index contributed by atoms with van der Waals surface area (Å²) in [5, 5.41) is 7.86. The van der Waals surface area contributed by atoms with Crippen molar-refractivity contribution >= 4 is 35.6 Å². The van der Waals surface area contributed by atoms with E-state index >= 15 is 4.39 Å². The summed E-state index contributed by atoms with van der Waals surface area (Å²) >= 11 is 4.18. The fraction of sp³-hybridized carbons (Fsp3) is 0.405. The van der Waals surface area contributed by atoms with Gasteiger partial charge in [-0.2, -0.15) is 48.8 Å². The van der Waals surface area contributed by atoms with Crippen LogP contribution in [0.2, 0.25) is 0 Å². The molecule has 1 N–H and O–H groups in total. The van der Waals surface area contributed by atoms with Crippen LogP contribution in [0.3, 0.4) is 0 Å². The van der Waals surface area contributed by atoms with Crippen LogP contribution in [0.1, 0.15) is 87.5 Å². The van der Waals surface area contributed by atoms with E-state index in [1.165, 1.54) is 12.3 Å². The maximum absolute atomic E-state index is 15.9. The summed E-state index contributed by atoms with van der Waals surface area (Å²) in [5.41, 5.74) is -0.412. The zero-order valence-electron chi connectivity index (χ0n) is 33.4. The number of thiol groups is 1. The number of alkyl carbamates (subject to hydrolysis) is 1. The highest BCUT2D eigenvalue weighted by Crippen LogP contribution is 2.47. The van der Waals surface area contributed by atoms with E-state index in [4.69, 9.17) is 14.7 Å². The summed E-state index contributed by atoms with van der Waals surface area (Å²) in [6, 6.07) is 10.5. The molecule has 3 heterocycles. The van der Waals surface area contributed by atoms with Crippen LogP contribution in [0.25, 0.3) is 27.8 Å². The van der Waals surface area contributed by atoms with Gasteiger partial charge < -0.3 is 14.9 Å². The molecule has 0 spiro atoms. The number of alkyl halides is 6. The van der Waals surface area contributed by atoms with Gasteiger partial charge in [0, 0.05) is 41.6 Å². The van der Waals surface area contributed by atoms with Crippen LogP contribution >= 0.6 is 12.6 Å². The number of carbonyl (C=O) groups excluding carboxylic acids is 2. The van der Waals surface area contributed by atoms with Gasteiger partial charge in [0.05, 0.1) is 33.7 Å². The van der Waals surface area contributed by atoms with Gasteiger partial charge in [-0.25, -0.2) is 18.7 Å². The monoisotopic (exact) mass is 847 g/mol. The number of halogens is 7. The molecule has 1 aliphatic heterocycles. The Morgan fingerprint density at radius 2 is 1.59 bits per heavy atom. The zero-order valence-corrected chi connectivity index (χ0v) is 34.3. The smallest absolute Gasteiger partial charge is 0.416 e. The van der Waals surface area contributed by atoms with E-state index in [1.807, 2.05) is 32.0 Å². The highest BCUT2D eigenvalue weighted by molar-refractivity contribution is 7.80. The van der Waals surface area contributed by atoms with Gasteiger partial charge in [-0.15, -0.1) is 0 Å². The lowest BCUT2D eigenvalue weighted by Crippen LogP contribution is -2.47. The van der Waals surface area contributed by atoms with E-state index in [1.54, 1.807) is 56.3 Å².